The van der Waals surface area contributed by atoms with Crippen LogP contribution in [-0.4, -0.2) is 96.2 Å². The van der Waals surface area contributed by atoms with Crippen LogP contribution in [0.3, 0.4) is 0 Å². The fourth-order valence-electron chi connectivity index (χ4n) is 6.97. The van der Waals surface area contributed by atoms with Gasteiger partial charge in [-0.2, -0.15) is 4.31 Å². The molecule has 2 heterocycles. The van der Waals surface area contributed by atoms with Crippen LogP contribution in [0.4, 0.5) is 5.69 Å². The van der Waals surface area contributed by atoms with Crippen molar-refractivity contribution in [2.24, 2.45) is 5.41 Å². The number of carboxylic acids is 1. The summed E-state index contributed by atoms with van der Waals surface area (Å²) >= 11 is 0. The highest BCUT2D eigenvalue weighted by atomic mass is 32.2. The topological polar surface area (TPSA) is 124 Å². The van der Waals surface area contributed by atoms with Gasteiger partial charge in [0.2, 0.25) is 10.0 Å². The Bertz CT molecular complexity index is 1710. The molecule has 5 rings (SSSR count). The molecule has 0 spiro atoms. The summed E-state index contributed by atoms with van der Waals surface area (Å²) in [5.74, 6) is -0.344. The van der Waals surface area contributed by atoms with Gasteiger partial charge in [0.15, 0.2) is 0 Å². The van der Waals surface area contributed by atoms with Gasteiger partial charge >= 0.3 is 5.97 Å². The molecule has 11 nitrogen and oxygen atoms in total. The van der Waals surface area contributed by atoms with E-state index >= 15 is 0 Å². The van der Waals surface area contributed by atoms with E-state index in [2.05, 4.69) is 11.0 Å². The van der Waals surface area contributed by atoms with Crippen LogP contribution in [0.5, 0.6) is 5.75 Å². The van der Waals surface area contributed by atoms with Crippen LogP contribution in [0.2, 0.25) is 0 Å². The molecule has 3 aromatic rings. The van der Waals surface area contributed by atoms with Gasteiger partial charge < -0.3 is 33.7 Å². The normalized spacial score (nSPS) is 19.6. The molecule has 0 unspecified atom stereocenters. The molecule has 0 amide bonds. The molecule has 0 saturated carbocycles. The standard InChI is InChI=1S/C40H54N2O9S/c1-29-7-14-34(15-8-29)52(45,46)42-26-38(51-28-31-11-16-37-36(23-31)41(18-20-50-37)17-6-19-47-4)35(24-33(42)25-40(2,3)39(43)44)32-12-9-30(10-13-32)27-49-22-21-48-5/h7-16,23,33,35,38H,6,17-22,24-28H2,1-5H3,(H,43,44)/t33-,35+,38-/m0/s1. The summed E-state index contributed by atoms with van der Waals surface area (Å²) in [6, 6.07) is 20.4. The number of methoxy groups -OCH3 is 2. The minimum atomic E-state index is -4.00. The van der Waals surface area contributed by atoms with Crippen molar-refractivity contribution in [2.75, 3.05) is 65.2 Å². The third-order valence-electron chi connectivity index (χ3n) is 10.0. The first kappa shape index (κ1) is 39.7. The first-order chi connectivity index (χ1) is 24.9. The Balaban J connectivity index is 1.46. The Hall–Kier alpha value is -3.52. The number of nitrogens with zero attached hydrogens (tertiary/aromatic N) is 2. The lowest BCUT2D eigenvalue weighted by molar-refractivity contribution is -0.148. The van der Waals surface area contributed by atoms with Crippen molar-refractivity contribution in [3.8, 4) is 5.75 Å². The first-order valence-electron chi connectivity index (χ1n) is 18.0. The van der Waals surface area contributed by atoms with Gasteiger partial charge in [0, 0.05) is 45.9 Å². The number of ether oxygens (including phenoxy) is 5. The zero-order chi connectivity index (χ0) is 37.3. The highest BCUT2D eigenvalue weighted by Crippen LogP contribution is 2.41. The van der Waals surface area contributed by atoms with Crippen molar-refractivity contribution < 1.29 is 42.0 Å². The van der Waals surface area contributed by atoms with Crippen LogP contribution in [0.25, 0.3) is 0 Å². The van der Waals surface area contributed by atoms with E-state index in [9.17, 15) is 18.3 Å². The lowest BCUT2D eigenvalue weighted by Crippen LogP contribution is -2.53. The van der Waals surface area contributed by atoms with Gasteiger partial charge in [-0.3, -0.25) is 4.79 Å². The van der Waals surface area contributed by atoms with Crippen LogP contribution in [-0.2, 0) is 47.0 Å². The second-order valence-corrected chi connectivity index (χ2v) is 16.3. The Labute approximate surface area is 308 Å². The molecule has 2 aliphatic rings. The molecule has 1 N–H and O–H groups in total. The van der Waals surface area contributed by atoms with E-state index in [0.717, 1.165) is 53.2 Å². The number of benzene rings is 3. The molecular formula is C40H54N2O9S. The summed E-state index contributed by atoms with van der Waals surface area (Å²) in [7, 11) is -0.658. The van der Waals surface area contributed by atoms with Crippen LogP contribution in [0.15, 0.2) is 71.6 Å². The monoisotopic (exact) mass is 738 g/mol. The zero-order valence-corrected chi connectivity index (χ0v) is 31.9. The molecule has 3 aromatic carbocycles. The quantitative estimate of drug-likeness (QED) is 0.155. The number of hydrogen-bond acceptors (Lipinski definition) is 9. The number of fused-ring (bicyclic) bond motifs is 1. The zero-order valence-electron chi connectivity index (χ0n) is 31.1. The van der Waals surface area contributed by atoms with Crippen molar-refractivity contribution in [1.82, 2.24) is 4.31 Å². The third kappa shape index (κ3) is 9.91. The molecule has 0 aliphatic carbocycles. The van der Waals surface area contributed by atoms with Crippen LogP contribution < -0.4 is 9.64 Å². The Morgan fingerprint density at radius 3 is 2.35 bits per heavy atom. The second-order valence-electron chi connectivity index (χ2n) is 14.4. The molecule has 0 radical (unpaired) electrons. The second kappa shape index (κ2) is 18.0. The number of hydrogen-bond donors (Lipinski definition) is 1. The number of aryl methyl sites for hydroxylation is 1. The third-order valence-corrected chi connectivity index (χ3v) is 12.0. The van der Waals surface area contributed by atoms with Crippen molar-refractivity contribution in [3.05, 3.63) is 89.0 Å². The van der Waals surface area contributed by atoms with E-state index in [1.54, 1.807) is 52.3 Å². The van der Waals surface area contributed by atoms with E-state index in [1.807, 2.05) is 43.3 Å². The number of carboxylic acid groups (broad SMARTS) is 1. The number of anilines is 1. The van der Waals surface area contributed by atoms with Crippen LogP contribution >= 0.6 is 0 Å². The summed E-state index contributed by atoms with van der Waals surface area (Å²) in [4.78, 5) is 14.8. The van der Waals surface area contributed by atoms with Gasteiger partial charge in [-0.15, -0.1) is 0 Å². The Morgan fingerprint density at radius 2 is 1.65 bits per heavy atom. The molecule has 284 valence electrons. The van der Waals surface area contributed by atoms with Crippen molar-refractivity contribution >= 4 is 21.7 Å². The summed E-state index contributed by atoms with van der Waals surface area (Å²) < 4.78 is 59.1. The fraction of sp³-hybridized carbons (Fsp3) is 0.525. The van der Waals surface area contributed by atoms with Gasteiger partial charge in [0.05, 0.1) is 55.1 Å². The SMILES string of the molecule is COCCCN1CCOc2ccc(CO[C@H]3CN(S(=O)(=O)c4ccc(C)cc4)[C@H](CC(C)(C)C(=O)O)C[C@@H]3c3ccc(COCCOC)cc3)cc21. The van der Waals surface area contributed by atoms with Gasteiger partial charge in [-0.05, 0) is 81.0 Å². The van der Waals surface area contributed by atoms with Crippen LogP contribution in [0.1, 0.15) is 61.3 Å². The van der Waals surface area contributed by atoms with E-state index in [4.69, 9.17) is 23.7 Å². The average molecular weight is 739 g/mol. The van der Waals surface area contributed by atoms with Crippen LogP contribution in [0, 0.1) is 12.3 Å². The summed E-state index contributed by atoms with van der Waals surface area (Å²) in [5.41, 5.74) is 3.75. The van der Waals surface area contributed by atoms with Crippen molar-refractivity contribution in [2.45, 2.75) is 76.2 Å². The average Bonchev–Trinajstić information content (AvgIpc) is 3.13. The fourth-order valence-corrected chi connectivity index (χ4v) is 8.62. The molecule has 0 aromatic heterocycles. The van der Waals surface area contributed by atoms with E-state index in [0.29, 0.717) is 39.5 Å². The summed E-state index contributed by atoms with van der Waals surface area (Å²) in [6.45, 7) is 9.89. The summed E-state index contributed by atoms with van der Waals surface area (Å²) in [5, 5.41) is 10.1. The molecule has 1 fully saturated rings. The Kier molecular flexibility index (Phi) is 13.7. The minimum absolute atomic E-state index is 0.0698. The number of sulfonamides is 1. The highest BCUT2D eigenvalue weighted by Gasteiger charge is 2.46. The van der Waals surface area contributed by atoms with Gasteiger partial charge in [0.25, 0.3) is 0 Å². The molecule has 12 heteroatoms. The van der Waals surface area contributed by atoms with Gasteiger partial charge in [-0.25, -0.2) is 8.42 Å². The van der Waals surface area contributed by atoms with Gasteiger partial charge in [-0.1, -0.05) is 48.0 Å². The Morgan fingerprint density at radius 1 is 0.942 bits per heavy atom. The highest BCUT2D eigenvalue weighted by molar-refractivity contribution is 7.89. The predicted octanol–water partition coefficient (Wildman–Crippen LogP) is 6.03. The minimum Gasteiger partial charge on any atom is -0.490 e. The lowest BCUT2D eigenvalue weighted by Gasteiger charge is -2.45. The van der Waals surface area contributed by atoms with Crippen molar-refractivity contribution in [3.63, 3.8) is 0 Å². The smallest absolute Gasteiger partial charge is 0.309 e. The summed E-state index contributed by atoms with van der Waals surface area (Å²) in [6.07, 6.45) is 0.912. The van der Waals surface area contributed by atoms with Gasteiger partial charge in [0.1, 0.15) is 12.4 Å². The number of rotatable bonds is 18. The van der Waals surface area contributed by atoms with E-state index < -0.39 is 33.6 Å². The molecular weight excluding hydrogens is 685 g/mol. The molecule has 1 saturated heterocycles. The molecule has 0 bridgehead atoms. The first-order valence-corrected chi connectivity index (χ1v) is 19.5. The number of piperidine rings is 1. The van der Waals surface area contributed by atoms with E-state index in [-0.39, 0.29) is 30.4 Å². The maximum Gasteiger partial charge on any atom is 0.309 e. The largest absolute Gasteiger partial charge is 0.490 e. The van der Waals surface area contributed by atoms with E-state index in [1.165, 1.54) is 4.31 Å². The molecule has 3 atom stereocenters. The molecule has 2 aliphatic heterocycles. The number of carbonyl (C=O) groups is 1. The lowest BCUT2D eigenvalue weighted by atomic mass is 9.77. The number of aliphatic carboxylic acids is 1. The molecule has 52 heavy (non-hydrogen) atoms. The maximum absolute atomic E-state index is 14.4. The van der Waals surface area contributed by atoms with Crippen molar-refractivity contribution in [1.29, 1.82) is 0 Å². The predicted molar refractivity (Wildman–Crippen MR) is 199 cm³/mol. The maximum atomic E-state index is 14.4.